The van der Waals surface area contributed by atoms with Gasteiger partial charge in [-0.1, -0.05) is 17.3 Å². The van der Waals surface area contributed by atoms with Crippen LogP contribution in [0.4, 0.5) is 0 Å². The van der Waals surface area contributed by atoms with Crippen LogP contribution >= 0.6 is 0 Å². The van der Waals surface area contributed by atoms with Gasteiger partial charge in [0.2, 0.25) is 6.29 Å². The molecule has 0 aromatic heterocycles. The van der Waals surface area contributed by atoms with E-state index in [1.807, 2.05) is 39.0 Å². The van der Waals surface area contributed by atoms with E-state index in [1.165, 1.54) is 0 Å². The van der Waals surface area contributed by atoms with Gasteiger partial charge in [-0.15, -0.1) is 0 Å². The maximum atomic E-state index is 5.03. The Balaban J connectivity index is 4.18. The minimum absolute atomic E-state index is 0.305. The summed E-state index contributed by atoms with van der Waals surface area (Å²) in [6.45, 7) is 7.67. The summed E-state index contributed by atoms with van der Waals surface area (Å²) >= 11 is 0. The first-order chi connectivity index (χ1) is 6.60. The Kier molecular flexibility index (Phi) is 6.76. The molecule has 0 aromatic carbocycles. The zero-order valence-electron chi connectivity index (χ0n) is 9.57. The van der Waals surface area contributed by atoms with Gasteiger partial charge in [0, 0.05) is 14.0 Å². The minimum Gasteiger partial charge on any atom is -0.364 e. The fraction of sp³-hybridized carbons (Fsp3) is 0.545. The average molecular weight is 197 g/mol. The standard InChI is InChI=1S/C11H19NO2/c1-6-7-9(2)8-10(3)12-14-11(4)13-5/h6-8,11H,1-5H3/b7-6+,9-8-,12-10+. The van der Waals surface area contributed by atoms with Gasteiger partial charge in [-0.25, -0.2) is 0 Å². The normalized spacial score (nSPS) is 16.1. The van der Waals surface area contributed by atoms with Crippen molar-refractivity contribution in [2.45, 2.75) is 34.0 Å². The third kappa shape index (κ3) is 6.43. The monoisotopic (exact) mass is 197 g/mol. The average Bonchev–Trinajstić information content (AvgIpc) is 2.14. The molecule has 0 spiro atoms. The molecule has 0 rings (SSSR count). The van der Waals surface area contributed by atoms with Gasteiger partial charge in [-0.05, 0) is 32.4 Å². The molecule has 0 fully saturated rings. The van der Waals surface area contributed by atoms with Crippen LogP contribution in [0.3, 0.4) is 0 Å². The zero-order valence-corrected chi connectivity index (χ0v) is 9.57. The van der Waals surface area contributed by atoms with Crippen LogP contribution in [-0.2, 0) is 9.57 Å². The lowest BCUT2D eigenvalue weighted by Crippen LogP contribution is -2.07. The van der Waals surface area contributed by atoms with Crippen LogP contribution in [0.2, 0.25) is 0 Å². The van der Waals surface area contributed by atoms with Crippen LogP contribution in [0.15, 0.2) is 29.0 Å². The lowest BCUT2D eigenvalue weighted by atomic mass is 10.2. The molecule has 0 amide bonds. The number of allylic oxidation sites excluding steroid dienone is 4. The van der Waals surface area contributed by atoms with Crippen molar-refractivity contribution in [1.29, 1.82) is 0 Å². The van der Waals surface area contributed by atoms with E-state index in [-0.39, 0.29) is 6.29 Å². The van der Waals surface area contributed by atoms with E-state index in [9.17, 15) is 0 Å². The first-order valence-electron chi connectivity index (χ1n) is 4.64. The molecule has 0 aromatic rings. The Hall–Kier alpha value is -1.09. The quantitative estimate of drug-likeness (QED) is 0.293. The van der Waals surface area contributed by atoms with Crippen molar-refractivity contribution in [3.63, 3.8) is 0 Å². The highest BCUT2D eigenvalue weighted by atomic mass is 16.8. The number of hydrogen-bond donors (Lipinski definition) is 0. The molecule has 0 saturated carbocycles. The summed E-state index contributed by atoms with van der Waals surface area (Å²) in [5, 5.41) is 3.90. The summed E-state index contributed by atoms with van der Waals surface area (Å²) < 4.78 is 4.89. The summed E-state index contributed by atoms with van der Waals surface area (Å²) in [6, 6.07) is 0. The van der Waals surface area contributed by atoms with Crippen molar-refractivity contribution in [2.24, 2.45) is 5.16 Å². The van der Waals surface area contributed by atoms with Gasteiger partial charge in [0.1, 0.15) is 0 Å². The predicted octanol–water partition coefficient (Wildman–Crippen LogP) is 2.89. The van der Waals surface area contributed by atoms with Crippen LogP contribution in [0.1, 0.15) is 27.7 Å². The number of rotatable bonds is 5. The number of ether oxygens (including phenoxy) is 1. The molecule has 0 aliphatic heterocycles. The molecule has 0 aliphatic carbocycles. The predicted molar refractivity (Wildman–Crippen MR) is 59.2 cm³/mol. The van der Waals surface area contributed by atoms with E-state index >= 15 is 0 Å². The Morgan fingerprint density at radius 3 is 2.50 bits per heavy atom. The van der Waals surface area contributed by atoms with E-state index in [0.717, 1.165) is 11.3 Å². The van der Waals surface area contributed by atoms with E-state index in [4.69, 9.17) is 9.57 Å². The van der Waals surface area contributed by atoms with Gasteiger partial charge in [-0.3, -0.25) is 0 Å². The smallest absolute Gasteiger partial charge is 0.223 e. The first-order valence-corrected chi connectivity index (χ1v) is 4.64. The second-order valence-corrected chi connectivity index (χ2v) is 3.03. The van der Waals surface area contributed by atoms with Gasteiger partial charge in [0.05, 0.1) is 5.71 Å². The second kappa shape index (κ2) is 7.33. The van der Waals surface area contributed by atoms with Gasteiger partial charge < -0.3 is 9.57 Å². The van der Waals surface area contributed by atoms with Gasteiger partial charge in [0.25, 0.3) is 0 Å². The highest BCUT2D eigenvalue weighted by Crippen LogP contribution is 1.98. The maximum absolute atomic E-state index is 5.03. The van der Waals surface area contributed by atoms with Crippen molar-refractivity contribution >= 4 is 5.71 Å². The van der Waals surface area contributed by atoms with E-state index < -0.39 is 0 Å². The highest BCUT2D eigenvalue weighted by Gasteiger charge is 1.96. The fourth-order valence-corrected chi connectivity index (χ4v) is 0.867. The van der Waals surface area contributed by atoms with Crippen LogP contribution < -0.4 is 0 Å². The molecule has 0 aliphatic rings. The van der Waals surface area contributed by atoms with Crippen molar-refractivity contribution in [2.75, 3.05) is 7.11 Å². The first kappa shape index (κ1) is 12.9. The van der Waals surface area contributed by atoms with Crippen molar-refractivity contribution in [3.8, 4) is 0 Å². The van der Waals surface area contributed by atoms with Crippen LogP contribution in [0.5, 0.6) is 0 Å². The molecule has 0 N–H and O–H groups in total. The minimum atomic E-state index is -0.305. The SMILES string of the molecule is C/C=C/C(C)=C\C(C)=N\OC(C)OC. The van der Waals surface area contributed by atoms with Crippen LogP contribution in [0.25, 0.3) is 0 Å². The highest BCUT2D eigenvalue weighted by molar-refractivity contribution is 5.93. The Morgan fingerprint density at radius 1 is 1.36 bits per heavy atom. The van der Waals surface area contributed by atoms with Crippen molar-refractivity contribution < 1.29 is 9.57 Å². The molecule has 80 valence electrons. The van der Waals surface area contributed by atoms with E-state index in [1.54, 1.807) is 14.0 Å². The Labute approximate surface area is 86.1 Å². The number of methoxy groups -OCH3 is 1. The Morgan fingerprint density at radius 2 is 2.00 bits per heavy atom. The third-order valence-electron chi connectivity index (χ3n) is 1.54. The molecule has 3 nitrogen and oxygen atoms in total. The summed E-state index contributed by atoms with van der Waals surface area (Å²) in [5.41, 5.74) is 1.96. The van der Waals surface area contributed by atoms with Crippen LogP contribution in [-0.4, -0.2) is 19.1 Å². The fourth-order valence-electron chi connectivity index (χ4n) is 0.867. The number of nitrogens with zero attached hydrogens (tertiary/aromatic N) is 1. The molecule has 3 heteroatoms. The van der Waals surface area contributed by atoms with Gasteiger partial charge in [-0.2, -0.15) is 0 Å². The molecule has 0 saturated heterocycles. The Bertz CT molecular complexity index is 242. The third-order valence-corrected chi connectivity index (χ3v) is 1.54. The topological polar surface area (TPSA) is 30.8 Å². The lowest BCUT2D eigenvalue weighted by molar-refractivity contribution is -0.109. The molecule has 0 heterocycles. The van der Waals surface area contributed by atoms with Crippen molar-refractivity contribution in [3.05, 3.63) is 23.8 Å². The van der Waals surface area contributed by atoms with E-state index in [0.29, 0.717) is 0 Å². The zero-order chi connectivity index (χ0) is 11.0. The van der Waals surface area contributed by atoms with Crippen LogP contribution in [0, 0.1) is 0 Å². The molecular weight excluding hydrogens is 178 g/mol. The molecule has 1 atom stereocenters. The summed E-state index contributed by atoms with van der Waals surface area (Å²) in [5.74, 6) is 0. The van der Waals surface area contributed by atoms with Crippen molar-refractivity contribution in [1.82, 2.24) is 0 Å². The largest absolute Gasteiger partial charge is 0.364 e. The number of hydrogen-bond acceptors (Lipinski definition) is 3. The molecule has 0 radical (unpaired) electrons. The lowest BCUT2D eigenvalue weighted by Gasteiger charge is -2.06. The summed E-state index contributed by atoms with van der Waals surface area (Å²) in [6.07, 6.45) is 5.64. The molecule has 14 heavy (non-hydrogen) atoms. The summed E-state index contributed by atoms with van der Waals surface area (Å²) in [4.78, 5) is 5.03. The molecule has 0 bridgehead atoms. The van der Waals surface area contributed by atoms with Gasteiger partial charge in [0.15, 0.2) is 0 Å². The molecule has 1 unspecified atom stereocenters. The number of oxime groups is 1. The molecular formula is C11H19NO2. The van der Waals surface area contributed by atoms with Gasteiger partial charge >= 0.3 is 0 Å². The maximum Gasteiger partial charge on any atom is 0.223 e. The summed E-state index contributed by atoms with van der Waals surface area (Å²) in [7, 11) is 1.58. The second-order valence-electron chi connectivity index (χ2n) is 3.03. The van der Waals surface area contributed by atoms with E-state index in [2.05, 4.69) is 5.16 Å².